The Labute approximate surface area is 121 Å². The van der Waals surface area contributed by atoms with Crippen molar-refractivity contribution in [1.82, 2.24) is 4.57 Å². The fraction of sp³-hybridized carbons (Fsp3) is 0.267. The first kappa shape index (κ1) is 14.4. The number of hydrogen-bond donors (Lipinski definition) is 1. The number of ether oxygens (including phenoxy) is 1. The number of benzene rings is 1. The van der Waals surface area contributed by atoms with Gasteiger partial charge in [-0.2, -0.15) is 0 Å². The Bertz CT molecular complexity index is 719. The molecule has 0 unspecified atom stereocenters. The van der Waals surface area contributed by atoms with Gasteiger partial charge in [0.1, 0.15) is 12.4 Å². The molecule has 1 heterocycles. The molecule has 5 heteroatoms. The molecule has 0 radical (unpaired) electrons. The van der Waals surface area contributed by atoms with E-state index in [1.54, 1.807) is 11.7 Å². The van der Waals surface area contributed by atoms with E-state index in [2.05, 4.69) is 11.8 Å². The Balaban J connectivity index is 2.41. The van der Waals surface area contributed by atoms with Crippen LogP contribution < -0.4 is 9.61 Å². The van der Waals surface area contributed by atoms with E-state index < -0.39 is 0 Å². The summed E-state index contributed by atoms with van der Waals surface area (Å²) < 4.78 is 7.02. The van der Waals surface area contributed by atoms with E-state index in [0.29, 0.717) is 6.54 Å². The first-order valence-electron chi connectivity index (χ1n) is 6.07. The van der Waals surface area contributed by atoms with E-state index in [4.69, 9.17) is 9.84 Å². The van der Waals surface area contributed by atoms with Crippen molar-refractivity contribution in [1.29, 1.82) is 0 Å². The second-order valence-corrected chi connectivity index (χ2v) is 5.04. The molecule has 0 atom stereocenters. The molecule has 0 aliphatic rings. The van der Waals surface area contributed by atoms with Crippen LogP contribution in [0.15, 0.2) is 28.4 Å². The first-order valence-corrected chi connectivity index (χ1v) is 6.95. The van der Waals surface area contributed by atoms with Crippen LogP contribution in [0.4, 0.5) is 0 Å². The Morgan fingerprint density at radius 1 is 1.45 bits per heavy atom. The van der Waals surface area contributed by atoms with Gasteiger partial charge in [0, 0.05) is 22.2 Å². The van der Waals surface area contributed by atoms with Crippen molar-refractivity contribution in [2.75, 3.05) is 13.7 Å². The summed E-state index contributed by atoms with van der Waals surface area (Å²) >= 11 is 1.19. The summed E-state index contributed by atoms with van der Waals surface area (Å²) in [6, 6.07) is 5.53. The smallest absolute Gasteiger partial charge is 0.307 e. The largest absolute Gasteiger partial charge is 0.496 e. The van der Waals surface area contributed by atoms with Crippen LogP contribution in [0.1, 0.15) is 16.8 Å². The fourth-order valence-corrected chi connectivity index (χ4v) is 2.62. The van der Waals surface area contributed by atoms with Crippen molar-refractivity contribution in [3.8, 4) is 17.6 Å². The molecular weight excluding hydrogens is 274 g/mol. The summed E-state index contributed by atoms with van der Waals surface area (Å²) in [6.45, 7) is 2.18. The van der Waals surface area contributed by atoms with E-state index in [-0.39, 0.29) is 11.5 Å². The van der Waals surface area contributed by atoms with E-state index >= 15 is 0 Å². The lowest BCUT2D eigenvalue weighted by Gasteiger charge is -2.10. The van der Waals surface area contributed by atoms with Crippen molar-refractivity contribution in [2.24, 2.45) is 0 Å². The number of hydrogen-bond acceptors (Lipinski definition) is 4. The van der Waals surface area contributed by atoms with Gasteiger partial charge in [0.2, 0.25) is 0 Å². The highest BCUT2D eigenvalue weighted by Gasteiger charge is 2.08. The molecule has 0 bridgehead atoms. The van der Waals surface area contributed by atoms with Crippen LogP contribution in [0.25, 0.3) is 0 Å². The van der Waals surface area contributed by atoms with Crippen LogP contribution in [-0.4, -0.2) is 23.4 Å². The van der Waals surface area contributed by atoms with E-state index in [9.17, 15) is 4.79 Å². The van der Waals surface area contributed by atoms with Gasteiger partial charge in [-0.05, 0) is 25.1 Å². The van der Waals surface area contributed by atoms with Gasteiger partial charge < -0.3 is 9.84 Å². The number of aryl methyl sites for hydroxylation is 1. The van der Waals surface area contributed by atoms with Gasteiger partial charge in [0.25, 0.3) is 0 Å². The Morgan fingerprint density at radius 2 is 2.25 bits per heavy atom. The Morgan fingerprint density at radius 3 is 2.85 bits per heavy atom. The normalized spacial score (nSPS) is 9.95. The number of aliphatic hydroxyl groups is 1. The summed E-state index contributed by atoms with van der Waals surface area (Å²) in [4.78, 5) is 11.8. The van der Waals surface area contributed by atoms with Crippen LogP contribution in [0.5, 0.6) is 5.75 Å². The topological polar surface area (TPSA) is 51.5 Å². The number of methoxy groups -OCH3 is 1. The monoisotopic (exact) mass is 289 g/mol. The van der Waals surface area contributed by atoms with Crippen molar-refractivity contribution in [3.63, 3.8) is 0 Å². The average Bonchev–Trinajstić information content (AvgIpc) is 2.77. The Hall–Kier alpha value is -2.03. The zero-order valence-electron chi connectivity index (χ0n) is 11.3. The molecule has 0 spiro atoms. The molecule has 2 aromatic rings. The summed E-state index contributed by atoms with van der Waals surface area (Å²) in [7, 11) is 1.60. The summed E-state index contributed by atoms with van der Waals surface area (Å²) in [6.07, 6.45) is 0. The van der Waals surface area contributed by atoms with Gasteiger partial charge in [-0.3, -0.25) is 9.36 Å². The number of thiazole rings is 1. The highest BCUT2D eigenvalue weighted by Crippen LogP contribution is 2.21. The third-order valence-electron chi connectivity index (χ3n) is 2.90. The molecule has 0 fully saturated rings. The third-order valence-corrected chi connectivity index (χ3v) is 3.78. The second kappa shape index (κ2) is 6.42. The molecule has 0 aliphatic carbocycles. The number of nitrogens with zero attached hydrogens (tertiary/aromatic N) is 1. The Kier molecular flexibility index (Phi) is 4.61. The van der Waals surface area contributed by atoms with Crippen molar-refractivity contribution >= 4 is 11.3 Å². The zero-order valence-corrected chi connectivity index (χ0v) is 12.2. The third kappa shape index (κ3) is 3.10. The predicted molar refractivity (Wildman–Crippen MR) is 79.4 cm³/mol. The average molecular weight is 289 g/mol. The van der Waals surface area contributed by atoms with Gasteiger partial charge in [-0.15, -0.1) is 0 Å². The molecule has 0 amide bonds. The maximum Gasteiger partial charge on any atom is 0.307 e. The van der Waals surface area contributed by atoms with Crippen LogP contribution in [0, 0.1) is 18.8 Å². The molecule has 1 aromatic heterocycles. The quantitative estimate of drug-likeness (QED) is 0.874. The van der Waals surface area contributed by atoms with Crippen molar-refractivity contribution in [2.45, 2.75) is 13.5 Å². The highest BCUT2D eigenvalue weighted by molar-refractivity contribution is 7.07. The van der Waals surface area contributed by atoms with E-state index in [1.807, 2.05) is 30.5 Å². The minimum Gasteiger partial charge on any atom is -0.496 e. The molecular formula is C15H15NO3S. The maximum atomic E-state index is 11.8. The summed E-state index contributed by atoms with van der Waals surface area (Å²) in [5.74, 6) is 6.18. The fourth-order valence-electron chi connectivity index (χ4n) is 1.89. The van der Waals surface area contributed by atoms with Gasteiger partial charge in [0.05, 0.1) is 13.7 Å². The highest BCUT2D eigenvalue weighted by atomic mass is 32.1. The summed E-state index contributed by atoms with van der Waals surface area (Å²) in [5, 5.41) is 10.6. The minimum absolute atomic E-state index is 0.0106. The van der Waals surface area contributed by atoms with Crippen LogP contribution in [0.2, 0.25) is 0 Å². The molecule has 4 nitrogen and oxygen atoms in total. The zero-order chi connectivity index (χ0) is 14.5. The standard InChI is InChI=1S/C15H15NO3S/c1-11-10-20-15(18)16(11)9-13-8-12(4-3-7-17)5-6-14(13)19-2/h5-6,8,10,17H,7,9H2,1-2H3. The van der Waals surface area contributed by atoms with Crippen LogP contribution >= 0.6 is 11.3 Å². The van der Waals surface area contributed by atoms with Crippen LogP contribution in [-0.2, 0) is 6.54 Å². The SMILES string of the molecule is COc1ccc(C#CCO)cc1Cn1c(C)csc1=O. The minimum atomic E-state index is -0.176. The molecule has 0 saturated carbocycles. The lowest BCUT2D eigenvalue weighted by atomic mass is 10.1. The lowest BCUT2D eigenvalue weighted by molar-refractivity contribution is 0.350. The molecule has 20 heavy (non-hydrogen) atoms. The van der Waals surface area contributed by atoms with E-state index in [1.165, 1.54) is 11.3 Å². The van der Waals surface area contributed by atoms with Crippen molar-refractivity contribution in [3.05, 3.63) is 50.1 Å². The molecule has 1 aromatic carbocycles. The van der Waals surface area contributed by atoms with Gasteiger partial charge in [-0.25, -0.2) is 0 Å². The number of aliphatic hydroxyl groups excluding tert-OH is 1. The van der Waals surface area contributed by atoms with E-state index in [0.717, 1.165) is 22.6 Å². The van der Waals surface area contributed by atoms with Crippen molar-refractivity contribution < 1.29 is 9.84 Å². The molecule has 0 saturated heterocycles. The number of aromatic nitrogens is 1. The maximum absolute atomic E-state index is 11.8. The second-order valence-electron chi connectivity index (χ2n) is 4.22. The van der Waals surface area contributed by atoms with Gasteiger partial charge >= 0.3 is 4.87 Å². The lowest BCUT2D eigenvalue weighted by Crippen LogP contribution is -2.15. The molecule has 104 valence electrons. The molecule has 1 N–H and O–H groups in total. The molecule has 2 rings (SSSR count). The van der Waals surface area contributed by atoms with Crippen LogP contribution in [0.3, 0.4) is 0 Å². The van der Waals surface area contributed by atoms with Gasteiger partial charge in [0.15, 0.2) is 0 Å². The predicted octanol–water partition coefficient (Wildman–Crippen LogP) is 1.62. The number of rotatable bonds is 3. The molecule has 0 aliphatic heterocycles. The summed E-state index contributed by atoms with van der Waals surface area (Å²) in [5.41, 5.74) is 2.60. The van der Waals surface area contributed by atoms with Gasteiger partial charge in [-0.1, -0.05) is 23.2 Å². The first-order chi connectivity index (χ1) is 9.65.